The van der Waals surface area contributed by atoms with Crippen molar-refractivity contribution >= 4 is 17.6 Å². The Morgan fingerprint density at radius 1 is 1.50 bits per heavy atom. The number of esters is 1. The van der Waals surface area contributed by atoms with Gasteiger partial charge in [0, 0.05) is 18.7 Å². The first-order valence-corrected chi connectivity index (χ1v) is 5.73. The van der Waals surface area contributed by atoms with E-state index >= 15 is 0 Å². The van der Waals surface area contributed by atoms with Gasteiger partial charge in [0.1, 0.15) is 0 Å². The molecule has 0 N–H and O–H groups in total. The third-order valence-electron chi connectivity index (χ3n) is 2.47. The standard InChI is InChI=1S/C11H17ClO4/c1-11(10(13)14-2)15-7-9(8-16-11)5-3-4-6-12/h3-4,9H,5-8H2,1-2H3/b4-3-/t9-,11+. The van der Waals surface area contributed by atoms with Crippen LogP contribution >= 0.6 is 11.6 Å². The third kappa shape index (κ3) is 3.47. The summed E-state index contributed by atoms with van der Waals surface area (Å²) in [6.07, 6.45) is 4.71. The van der Waals surface area contributed by atoms with Crippen molar-refractivity contribution in [1.82, 2.24) is 0 Å². The van der Waals surface area contributed by atoms with E-state index in [1.54, 1.807) is 6.92 Å². The maximum absolute atomic E-state index is 11.4. The van der Waals surface area contributed by atoms with E-state index in [0.717, 1.165) is 6.42 Å². The van der Waals surface area contributed by atoms with E-state index in [0.29, 0.717) is 19.1 Å². The van der Waals surface area contributed by atoms with Gasteiger partial charge >= 0.3 is 5.97 Å². The molecule has 0 bridgehead atoms. The van der Waals surface area contributed by atoms with Crippen molar-refractivity contribution in [1.29, 1.82) is 0 Å². The summed E-state index contributed by atoms with van der Waals surface area (Å²) >= 11 is 5.51. The van der Waals surface area contributed by atoms with E-state index in [1.807, 2.05) is 12.2 Å². The van der Waals surface area contributed by atoms with Gasteiger partial charge in [-0.1, -0.05) is 12.2 Å². The van der Waals surface area contributed by atoms with Crippen molar-refractivity contribution in [3.63, 3.8) is 0 Å². The predicted molar refractivity (Wildman–Crippen MR) is 60.3 cm³/mol. The van der Waals surface area contributed by atoms with Gasteiger partial charge in [-0.25, -0.2) is 4.79 Å². The molecule has 1 saturated heterocycles. The second-order valence-corrected chi connectivity index (χ2v) is 4.10. The molecule has 1 fully saturated rings. The van der Waals surface area contributed by atoms with Crippen LogP contribution < -0.4 is 0 Å². The van der Waals surface area contributed by atoms with Crippen LogP contribution in [-0.4, -0.2) is 38.0 Å². The highest BCUT2D eigenvalue weighted by Crippen LogP contribution is 2.24. The Hall–Kier alpha value is -0.580. The fourth-order valence-corrected chi connectivity index (χ4v) is 1.56. The SMILES string of the molecule is COC(=O)[C@]1(C)OC[C@H](C/C=C\CCl)CO1. The Balaban J connectivity index is 2.38. The molecule has 16 heavy (non-hydrogen) atoms. The predicted octanol–water partition coefficient (Wildman–Crippen LogP) is 1.72. The number of methoxy groups -OCH3 is 1. The Morgan fingerprint density at radius 3 is 2.62 bits per heavy atom. The molecule has 0 aromatic heterocycles. The minimum absolute atomic E-state index is 0.261. The lowest BCUT2D eigenvalue weighted by Gasteiger charge is -2.34. The molecule has 0 amide bonds. The normalized spacial score (nSPS) is 30.6. The monoisotopic (exact) mass is 248 g/mol. The summed E-state index contributed by atoms with van der Waals surface area (Å²) in [4.78, 5) is 11.4. The number of ether oxygens (including phenoxy) is 3. The molecule has 1 rings (SSSR count). The molecular formula is C11H17ClO4. The van der Waals surface area contributed by atoms with Gasteiger partial charge in [-0.2, -0.15) is 0 Å². The number of hydrogen-bond donors (Lipinski definition) is 0. The summed E-state index contributed by atoms with van der Waals surface area (Å²) in [6, 6.07) is 0. The number of alkyl halides is 1. The fraction of sp³-hybridized carbons (Fsp3) is 0.727. The van der Waals surface area contributed by atoms with E-state index in [-0.39, 0.29) is 5.92 Å². The molecular weight excluding hydrogens is 232 g/mol. The van der Waals surface area contributed by atoms with Crippen molar-refractivity contribution in [2.24, 2.45) is 5.92 Å². The van der Waals surface area contributed by atoms with Gasteiger partial charge in [0.05, 0.1) is 20.3 Å². The van der Waals surface area contributed by atoms with Crippen LogP contribution in [0.4, 0.5) is 0 Å². The van der Waals surface area contributed by atoms with Crippen LogP contribution in [0.25, 0.3) is 0 Å². The molecule has 0 aliphatic carbocycles. The summed E-state index contributed by atoms with van der Waals surface area (Å²) in [5.74, 6) is -0.977. The van der Waals surface area contributed by atoms with Gasteiger partial charge in [-0.05, 0) is 6.42 Å². The maximum Gasteiger partial charge on any atom is 0.366 e. The summed E-state index contributed by atoms with van der Waals surface area (Å²) < 4.78 is 15.4. The molecule has 0 unspecified atom stereocenters. The number of carbonyl (C=O) groups excluding carboxylic acids is 1. The summed E-state index contributed by atoms with van der Waals surface area (Å²) in [5.41, 5.74) is 0. The van der Waals surface area contributed by atoms with Crippen LogP contribution in [0.15, 0.2) is 12.2 Å². The zero-order valence-corrected chi connectivity index (χ0v) is 10.3. The van der Waals surface area contributed by atoms with Crippen LogP contribution in [0.3, 0.4) is 0 Å². The zero-order chi connectivity index (χ0) is 12.0. The lowest BCUT2D eigenvalue weighted by molar-refractivity contribution is -0.271. The number of hydrogen-bond acceptors (Lipinski definition) is 4. The number of halogens is 1. The second kappa shape index (κ2) is 6.23. The van der Waals surface area contributed by atoms with Gasteiger partial charge in [0.25, 0.3) is 5.79 Å². The molecule has 0 aromatic rings. The van der Waals surface area contributed by atoms with Crippen molar-refractivity contribution < 1.29 is 19.0 Å². The zero-order valence-electron chi connectivity index (χ0n) is 9.57. The van der Waals surface area contributed by atoms with E-state index < -0.39 is 11.8 Å². The average molecular weight is 249 g/mol. The van der Waals surface area contributed by atoms with Gasteiger partial charge < -0.3 is 14.2 Å². The van der Waals surface area contributed by atoms with E-state index in [1.165, 1.54) is 7.11 Å². The lowest BCUT2D eigenvalue weighted by atomic mass is 10.1. The third-order valence-corrected chi connectivity index (χ3v) is 2.65. The molecule has 1 aliphatic rings. The first-order valence-electron chi connectivity index (χ1n) is 5.19. The molecule has 5 heteroatoms. The molecule has 1 aliphatic heterocycles. The Kier molecular flexibility index (Phi) is 5.25. The topological polar surface area (TPSA) is 44.8 Å². The van der Waals surface area contributed by atoms with Crippen molar-refractivity contribution in [2.45, 2.75) is 19.1 Å². The molecule has 1 heterocycles. The van der Waals surface area contributed by atoms with Crippen molar-refractivity contribution in [2.75, 3.05) is 26.2 Å². The summed E-state index contributed by atoms with van der Waals surface area (Å²) in [6.45, 7) is 2.54. The van der Waals surface area contributed by atoms with Crippen LogP contribution in [0.1, 0.15) is 13.3 Å². The van der Waals surface area contributed by atoms with Crippen molar-refractivity contribution in [3.05, 3.63) is 12.2 Å². The molecule has 92 valence electrons. The van der Waals surface area contributed by atoms with Gasteiger partial charge in [0.15, 0.2) is 0 Å². The summed E-state index contributed by atoms with van der Waals surface area (Å²) in [7, 11) is 1.32. The molecule has 0 spiro atoms. The highest BCUT2D eigenvalue weighted by molar-refractivity contribution is 6.18. The second-order valence-electron chi connectivity index (χ2n) is 3.79. The van der Waals surface area contributed by atoms with Crippen LogP contribution in [-0.2, 0) is 19.0 Å². The van der Waals surface area contributed by atoms with Gasteiger partial charge in [0.2, 0.25) is 0 Å². The number of carbonyl (C=O) groups is 1. The van der Waals surface area contributed by atoms with E-state index in [4.69, 9.17) is 21.1 Å². The molecule has 0 radical (unpaired) electrons. The minimum Gasteiger partial charge on any atom is -0.465 e. The minimum atomic E-state index is -1.25. The first-order chi connectivity index (χ1) is 7.62. The van der Waals surface area contributed by atoms with Crippen molar-refractivity contribution in [3.8, 4) is 0 Å². The molecule has 0 saturated carbocycles. The van der Waals surface area contributed by atoms with Crippen LogP contribution in [0.5, 0.6) is 0 Å². The highest BCUT2D eigenvalue weighted by atomic mass is 35.5. The van der Waals surface area contributed by atoms with E-state index in [9.17, 15) is 4.79 Å². The molecule has 0 aromatic carbocycles. The molecule has 4 nitrogen and oxygen atoms in total. The summed E-state index contributed by atoms with van der Waals surface area (Å²) in [5, 5.41) is 0. The smallest absolute Gasteiger partial charge is 0.366 e. The Morgan fingerprint density at radius 2 is 2.12 bits per heavy atom. The first kappa shape index (κ1) is 13.5. The maximum atomic E-state index is 11.4. The van der Waals surface area contributed by atoms with Gasteiger partial charge in [-0.3, -0.25) is 0 Å². The quantitative estimate of drug-likeness (QED) is 0.432. The van der Waals surface area contributed by atoms with Gasteiger partial charge in [-0.15, -0.1) is 11.6 Å². The molecule has 0 atom stereocenters. The average Bonchev–Trinajstić information content (AvgIpc) is 2.31. The van der Waals surface area contributed by atoms with Crippen LogP contribution in [0, 0.1) is 5.92 Å². The van der Waals surface area contributed by atoms with Crippen LogP contribution in [0.2, 0.25) is 0 Å². The van der Waals surface area contributed by atoms with E-state index in [2.05, 4.69) is 4.74 Å². The Labute approximate surface area is 100 Å². The number of allylic oxidation sites excluding steroid dienone is 2. The fourth-order valence-electron chi connectivity index (χ4n) is 1.43. The Bertz CT molecular complexity index is 257. The largest absolute Gasteiger partial charge is 0.465 e. The lowest BCUT2D eigenvalue weighted by Crippen LogP contribution is -2.48. The highest BCUT2D eigenvalue weighted by Gasteiger charge is 2.41. The number of rotatable bonds is 4.